The van der Waals surface area contributed by atoms with Crippen molar-refractivity contribution in [1.82, 2.24) is 20.2 Å². The third-order valence-corrected chi connectivity index (χ3v) is 5.05. The minimum Gasteiger partial charge on any atom is -0.481 e. The van der Waals surface area contributed by atoms with Crippen LogP contribution in [0.3, 0.4) is 0 Å². The molecule has 10 nitrogen and oxygen atoms in total. The van der Waals surface area contributed by atoms with Crippen molar-refractivity contribution in [1.29, 1.82) is 0 Å². The van der Waals surface area contributed by atoms with Gasteiger partial charge in [0.2, 0.25) is 0 Å². The third kappa shape index (κ3) is 5.44. The fourth-order valence-corrected chi connectivity index (χ4v) is 3.43. The first kappa shape index (κ1) is 20.1. The van der Waals surface area contributed by atoms with Crippen LogP contribution in [0.2, 0.25) is 0 Å². The molecule has 0 saturated carbocycles. The van der Waals surface area contributed by atoms with Crippen LogP contribution in [0, 0.1) is 0 Å². The van der Waals surface area contributed by atoms with Gasteiger partial charge in [0, 0.05) is 51.9 Å². The lowest BCUT2D eigenvalue weighted by molar-refractivity contribution is -0.137. The number of rotatable bonds is 6. The van der Waals surface area contributed by atoms with E-state index in [0.29, 0.717) is 19.8 Å². The van der Waals surface area contributed by atoms with Gasteiger partial charge < -0.3 is 29.9 Å². The van der Waals surface area contributed by atoms with E-state index >= 15 is 0 Å². The summed E-state index contributed by atoms with van der Waals surface area (Å²) in [7, 11) is 1.61. The zero-order chi connectivity index (χ0) is 19.9. The number of anilines is 2. The predicted octanol–water partition coefficient (Wildman–Crippen LogP) is 0.398. The van der Waals surface area contributed by atoms with Crippen molar-refractivity contribution in [3.8, 4) is 0 Å². The Morgan fingerprint density at radius 1 is 1.25 bits per heavy atom. The van der Waals surface area contributed by atoms with Crippen LogP contribution in [0.5, 0.6) is 0 Å². The number of ether oxygens (including phenoxy) is 1. The maximum Gasteiger partial charge on any atom is 0.317 e. The summed E-state index contributed by atoms with van der Waals surface area (Å²) in [5, 5.41) is 11.8. The van der Waals surface area contributed by atoms with Gasteiger partial charge in [-0.05, 0) is 12.8 Å². The molecule has 2 aliphatic rings. The molecular weight excluding hydrogens is 364 g/mol. The SMILES string of the molecule is CN(CCC(=O)O)C(=O)NC1CCCN(c2cc(N3CCOCC3)ncn2)C1. The molecule has 2 amide bonds. The van der Waals surface area contributed by atoms with Crippen LogP contribution < -0.4 is 15.1 Å². The Hall–Kier alpha value is -2.62. The Kier molecular flexibility index (Phi) is 6.85. The number of aromatic nitrogens is 2. The van der Waals surface area contributed by atoms with Crippen LogP contribution in [-0.4, -0.2) is 91.0 Å². The zero-order valence-electron chi connectivity index (χ0n) is 16.2. The van der Waals surface area contributed by atoms with E-state index in [-0.39, 0.29) is 25.0 Å². The third-order valence-electron chi connectivity index (χ3n) is 5.05. The number of hydrogen-bond donors (Lipinski definition) is 2. The second kappa shape index (κ2) is 9.54. The molecule has 2 fully saturated rings. The van der Waals surface area contributed by atoms with Gasteiger partial charge in [-0.3, -0.25) is 4.79 Å². The average molecular weight is 392 g/mol. The maximum atomic E-state index is 12.3. The zero-order valence-corrected chi connectivity index (χ0v) is 16.2. The molecule has 1 aromatic rings. The van der Waals surface area contributed by atoms with Gasteiger partial charge in [-0.15, -0.1) is 0 Å². The summed E-state index contributed by atoms with van der Waals surface area (Å²) in [5.41, 5.74) is 0. The molecule has 1 aromatic heterocycles. The van der Waals surface area contributed by atoms with E-state index in [1.54, 1.807) is 13.4 Å². The Morgan fingerprint density at radius 2 is 1.96 bits per heavy atom. The van der Waals surface area contributed by atoms with Crippen molar-refractivity contribution >= 4 is 23.6 Å². The van der Waals surface area contributed by atoms with E-state index in [2.05, 4.69) is 25.1 Å². The lowest BCUT2D eigenvalue weighted by atomic mass is 10.1. The minimum absolute atomic E-state index is 0.00432. The number of carbonyl (C=O) groups excluding carboxylic acids is 1. The number of urea groups is 1. The van der Waals surface area contributed by atoms with Crippen LogP contribution in [-0.2, 0) is 9.53 Å². The van der Waals surface area contributed by atoms with Crippen molar-refractivity contribution in [2.75, 3.05) is 62.8 Å². The number of hydrogen-bond acceptors (Lipinski definition) is 7. The monoisotopic (exact) mass is 392 g/mol. The van der Waals surface area contributed by atoms with Gasteiger partial charge in [-0.2, -0.15) is 0 Å². The van der Waals surface area contributed by atoms with Crippen LogP contribution in [0.1, 0.15) is 19.3 Å². The molecule has 0 aromatic carbocycles. The van der Waals surface area contributed by atoms with Crippen LogP contribution in [0.25, 0.3) is 0 Å². The molecule has 3 rings (SSSR count). The Bertz CT molecular complexity index is 682. The highest BCUT2D eigenvalue weighted by molar-refractivity contribution is 5.75. The molecule has 0 aliphatic carbocycles. The molecule has 1 atom stereocenters. The number of morpholine rings is 1. The average Bonchev–Trinajstić information content (AvgIpc) is 2.73. The normalized spacial score (nSPS) is 20.0. The maximum absolute atomic E-state index is 12.3. The molecule has 0 bridgehead atoms. The van der Waals surface area contributed by atoms with Gasteiger partial charge in [0.05, 0.1) is 19.6 Å². The van der Waals surface area contributed by atoms with Crippen molar-refractivity contribution in [3.05, 3.63) is 12.4 Å². The predicted molar refractivity (Wildman–Crippen MR) is 104 cm³/mol. The van der Waals surface area contributed by atoms with Crippen LogP contribution >= 0.6 is 0 Å². The van der Waals surface area contributed by atoms with Crippen LogP contribution in [0.15, 0.2) is 12.4 Å². The number of carboxylic acid groups (broad SMARTS) is 1. The van der Waals surface area contributed by atoms with E-state index in [4.69, 9.17) is 9.84 Å². The molecular formula is C18H28N6O4. The first-order chi connectivity index (χ1) is 13.5. The second-order valence-corrected chi connectivity index (χ2v) is 7.13. The quantitative estimate of drug-likeness (QED) is 0.716. The summed E-state index contributed by atoms with van der Waals surface area (Å²) < 4.78 is 5.40. The number of piperidine rings is 1. The van der Waals surface area contributed by atoms with Crippen molar-refractivity contribution in [2.24, 2.45) is 0 Å². The van der Waals surface area contributed by atoms with Crippen LogP contribution in [0.4, 0.5) is 16.4 Å². The number of nitrogens with one attached hydrogen (secondary N) is 1. The summed E-state index contributed by atoms with van der Waals surface area (Å²) in [6.07, 6.45) is 3.35. The van der Waals surface area contributed by atoms with Gasteiger partial charge in [0.25, 0.3) is 0 Å². The minimum atomic E-state index is -0.914. The molecule has 2 aliphatic heterocycles. The van der Waals surface area contributed by atoms with Crippen molar-refractivity contribution in [3.63, 3.8) is 0 Å². The highest BCUT2D eigenvalue weighted by atomic mass is 16.5. The fourth-order valence-electron chi connectivity index (χ4n) is 3.43. The van der Waals surface area contributed by atoms with Gasteiger partial charge in [-0.25, -0.2) is 14.8 Å². The lowest BCUT2D eigenvalue weighted by Crippen LogP contribution is -2.51. The second-order valence-electron chi connectivity index (χ2n) is 7.13. The molecule has 1 unspecified atom stereocenters. The van der Waals surface area contributed by atoms with Gasteiger partial charge in [0.15, 0.2) is 0 Å². The first-order valence-electron chi connectivity index (χ1n) is 9.66. The highest BCUT2D eigenvalue weighted by Crippen LogP contribution is 2.22. The number of carboxylic acids is 1. The van der Waals surface area contributed by atoms with E-state index in [0.717, 1.165) is 44.1 Å². The first-order valence-corrected chi connectivity index (χ1v) is 9.66. The van der Waals surface area contributed by atoms with Crippen molar-refractivity contribution < 1.29 is 19.4 Å². The molecule has 154 valence electrons. The van der Waals surface area contributed by atoms with Gasteiger partial charge >= 0.3 is 12.0 Å². The Morgan fingerprint density at radius 3 is 2.68 bits per heavy atom. The summed E-state index contributed by atoms with van der Waals surface area (Å²) in [6, 6.07) is 1.74. The van der Waals surface area contributed by atoms with E-state index in [1.165, 1.54) is 4.90 Å². The lowest BCUT2D eigenvalue weighted by Gasteiger charge is -2.35. The van der Waals surface area contributed by atoms with Crippen molar-refractivity contribution in [2.45, 2.75) is 25.3 Å². The number of carbonyl (C=O) groups is 2. The smallest absolute Gasteiger partial charge is 0.317 e. The molecule has 0 radical (unpaired) electrons. The summed E-state index contributed by atoms with van der Waals surface area (Å²) in [6.45, 7) is 4.76. The molecule has 2 N–H and O–H groups in total. The van der Waals surface area contributed by atoms with Gasteiger partial charge in [-0.1, -0.05) is 0 Å². The van der Waals surface area contributed by atoms with E-state index in [9.17, 15) is 9.59 Å². The molecule has 10 heteroatoms. The molecule has 0 spiro atoms. The summed E-state index contributed by atoms with van der Waals surface area (Å²) >= 11 is 0. The summed E-state index contributed by atoms with van der Waals surface area (Å²) in [4.78, 5) is 37.5. The molecule has 3 heterocycles. The number of aliphatic carboxylic acids is 1. The topological polar surface area (TPSA) is 111 Å². The Balaban J connectivity index is 1.57. The number of amides is 2. The summed E-state index contributed by atoms with van der Waals surface area (Å²) in [5.74, 6) is 0.839. The highest BCUT2D eigenvalue weighted by Gasteiger charge is 2.24. The number of nitrogens with zero attached hydrogens (tertiary/aromatic N) is 5. The Labute approximate surface area is 164 Å². The standard InChI is InChI=1S/C18H28N6O4/c1-22(6-4-17(25)26)18(27)21-14-3-2-5-24(12-14)16-11-15(19-13-20-16)23-7-9-28-10-8-23/h11,13-14H,2-10,12H2,1H3,(H,21,27)(H,25,26). The van der Waals surface area contributed by atoms with E-state index in [1.807, 2.05) is 6.07 Å². The molecule has 2 saturated heterocycles. The largest absolute Gasteiger partial charge is 0.481 e. The van der Waals surface area contributed by atoms with E-state index < -0.39 is 5.97 Å². The molecule has 28 heavy (non-hydrogen) atoms. The van der Waals surface area contributed by atoms with Gasteiger partial charge in [0.1, 0.15) is 18.0 Å². The fraction of sp³-hybridized carbons (Fsp3) is 0.667.